The third-order valence-electron chi connectivity index (χ3n) is 3.35. The average Bonchev–Trinajstić information content (AvgIpc) is 2.68. The number of rotatable bonds is 5. The fourth-order valence-electron chi connectivity index (χ4n) is 2.22. The lowest BCUT2D eigenvalue weighted by atomic mass is 9.95. The molecule has 1 unspecified atom stereocenters. The van der Waals surface area contributed by atoms with Crippen molar-refractivity contribution in [2.24, 2.45) is 5.92 Å². The van der Waals surface area contributed by atoms with E-state index in [1.54, 1.807) is 6.07 Å². The van der Waals surface area contributed by atoms with Gasteiger partial charge in [0.15, 0.2) is 17.3 Å². The third-order valence-corrected chi connectivity index (χ3v) is 3.35. The minimum absolute atomic E-state index is 0.00902. The van der Waals surface area contributed by atoms with E-state index in [0.717, 1.165) is 18.6 Å². The molecule has 0 amide bonds. The number of fused-ring (bicyclic) bond motifs is 1. The van der Waals surface area contributed by atoms with Crippen LogP contribution in [0, 0.1) is 5.92 Å². The number of benzene rings is 1. The average molecular weight is 263 g/mol. The van der Waals surface area contributed by atoms with Gasteiger partial charge in [-0.1, -0.05) is 6.92 Å². The molecule has 0 radical (unpaired) electrons. The Morgan fingerprint density at radius 3 is 2.74 bits per heavy atom. The van der Waals surface area contributed by atoms with Gasteiger partial charge in [0.05, 0.1) is 13.2 Å². The lowest BCUT2D eigenvalue weighted by Gasteiger charge is -2.14. The van der Waals surface area contributed by atoms with Crippen molar-refractivity contribution < 1.29 is 14.3 Å². The first-order chi connectivity index (χ1) is 9.26. The first-order valence-electron chi connectivity index (χ1n) is 6.84. The van der Waals surface area contributed by atoms with E-state index in [0.29, 0.717) is 31.1 Å². The molecule has 1 aromatic rings. The van der Waals surface area contributed by atoms with Crippen molar-refractivity contribution in [3.8, 4) is 11.5 Å². The molecule has 4 heteroatoms. The highest BCUT2D eigenvalue weighted by Crippen LogP contribution is 2.31. The summed E-state index contributed by atoms with van der Waals surface area (Å²) in [7, 11) is 1.86. The minimum Gasteiger partial charge on any atom is -0.490 e. The van der Waals surface area contributed by atoms with E-state index >= 15 is 0 Å². The number of ketones is 1. The van der Waals surface area contributed by atoms with Crippen molar-refractivity contribution in [2.75, 3.05) is 26.8 Å². The Labute approximate surface area is 114 Å². The van der Waals surface area contributed by atoms with E-state index in [2.05, 4.69) is 5.32 Å². The summed E-state index contributed by atoms with van der Waals surface area (Å²) in [6, 6.07) is 5.47. The molecule has 1 heterocycles. The van der Waals surface area contributed by atoms with E-state index < -0.39 is 0 Å². The van der Waals surface area contributed by atoms with Crippen LogP contribution in [-0.2, 0) is 0 Å². The van der Waals surface area contributed by atoms with E-state index in [1.165, 1.54) is 0 Å². The van der Waals surface area contributed by atoms with Gasteiger partial charge < -0.3 is 14.8 Å². The quantitative estimate of drug-likeness (QED) is 0.828. The topological polar surface area (TPSA) is 47.6 Å². The number of carbonyl (C=O) groups excluding carboxylic acids is 1. The van der Waals surface area contributed by atoms with Gasteiger partial charge in [0.1, 0.15) is 0 Å². The molecule has 4 nitrogen and oxygen atoms in total. The van der Waals surface area contributed by atoms with Crippen LogP contribution >= 0.6 is 0 Å². The summed E-state index contributed by atoms with van der Waals surface area (Å²) >= 11 is 0. The predicted octanol–water partition coefficient (Wildman–Crippen LogP) is 2.28. The Morgan fingerprint density at radius 1 is 1.32 bits per heavy atom. The second kappa shape index (κ2) is 6.57. The number of hydrogen-bond acceptors (Lipinski definition) is 4. The smallest absolute Gasteiger partial charge is 0.167 e. The SMILES string of the molecule is CCC(CNC)C(=O)c1ccc2c(c1)OCCCO2. The molecule has 0 bridgehead atoms. The Balaban J connectivity index is 2.20. The standard InChI is InChI=1S/C15H21NO3/c1-3-11(10-16-2)15(17)12-5-6-13-14(9-12)19-8-4-7-18-13/h5-6,9,11,16H,3-4,7-8,10H2,1-2H3. The highest BCUT2D eigenvalue weighted by Gasteiger charge is 2.20. The van der Waals surface area contributed by atoms with Crippen LogP contribution in [0.2, 0.25) is 0 Å². The Hall–Kier alpha value is -1.55. The highest BCUT2D eigenvalue weighted by molar-refractivity contribution is 5.98. The van der Waals surface area contributed by atoms with Crippen molar-refractivity contribution >= 4 is 5.78 Å². The maximum atomic E-state index is 12.4. The lowest BCUT2D eigenvalue weighted by Crippen LogP contribution is -2.25. The summed E-state index contributed by atoms with van der Waals surface area (Å²) in [4.78, 5) is 12.4. The Morgan fingerprint density at radius 2 is 2.05 bits per heavy atom. The fraction of sp³-hybridized carbons (Fsp3) is 0.533. The minimum atomic E-state index is 0.00902. The number of carbonyl (C=O) groups is 1. The second-order valence-corrected chi connectivity index (χ2v) is 4.74. The molecule has 0 saturated heterocycles. The van der Waals surface area contributed by atoms with Crippen LogP contribution in [0.15, 0.2) is 18.2 Å². The summed E-state index contributed by atoms with van der Waals surface area (Å²) < 4.78 is 11.2. The fourth-order valence-corrected chi connectivity index (χ4v) is 2.22. The summed E-state index contributed by atoms with van der Waals surface area (Å²) in [6.45, 7) is 4.03. The van der Waals surface area contributed by atoms with Gasteiger partial charge in [0.2, 0.25) is 0 Å². The van der Waals surface area contributed by atoms with Gasteiger partial charge in [-0.3, -0.25) is 4.79 Å². The summed E-state index contributed by atoms with van der Waals surface area (Å²) in [5.74, 6) is 1.58. The molecular weight excluding hydrogens is 242 g/mol. The number of Topliss-reactive ketones (excluding diaryl/α,β-unsaturated/α-hetero) is 1. The largest absolute Gasteiger partial charge is 0.490 e. The third kappa shape index (κ3) is 3.26. The zero-order valence-corrected chi connectivity index (χ0v) is 11.6. The van der Waals surface area contributed by atoms with Gasteiger partial charge in [-0.05, 0) is 31.7 Å². The van der Waals surface area contributed by atoms with Crippen LogP contribution in [0.3, 0.4) is 0 Å². The first-order valence-corrected chi connectivity index (χ1v) is 6.84. The Kier molecular flexibility index (Phi) is 4.80. The van der Waals surface area contributed by atoms with E-state index in [4.69, 9.17) is 9.47 Å². The molecule has 1 atom stereocenters. The van der Waals surface area contributed by atoms with Gasteiger partial charge in [-0.25, -0.2) is 0 Å². The van der Waals surface area contributed by atoms with Gasteiger partial charge in [-0.15, -0.1) is 0 Å². The molecule has 19 heavy (non-hydrogen) atoms. The molecule has 1 N–H and O–H groups in total. The molecule has 0 aliphatic carbocycles. The molecule has 0 aromatic heterocycles. The van der Waals surface area contributed by atoms with E-state index in [-0.39, 0.29) is 11.7 Å². The van der Waals surface area contributed by atoms with Crippen LogP contribution < -0.4 is 14.8 Å². The lowest BCUT2D eigenvalue weighted by molar-refractivity contribution is 0.0916. The molecular formula is C15H21NO3. The van der Waals surface area contributed by atoms with Crippen molar-refractivity contribution in [3.63, 3.8) is 0 Å². The number of hydrogen-bond donors (Lipinski definition) is 1. The van der Waals surface area contributed by atoms with Gasteiger partial charge in [0.25, 0.3) is 0 Å². The van der Waals surface area contributed by atoms with Crippen molar-refractivity contribution in [1.29, 1.82) is 0 Å². The van der Waals surface area contributed by atoms with E-state index in [1.807, 2.05) is 26.1 Å². The van der Waals surface area contributed by atoms with Crippen LogP contribution in [0.1, 0.15) is 30.1 Å². The van der Waals surface area contributed by atoms with Crippen LogP contribution in [0.5, 0.6) is 11.5 Å². The Bertz CT molecular complexity index is 445. The van der Waals surface area contributed by atoms with Gasteiger partial charge in [0, 0.05) is 24.4 Å². The second-order valence-electron chi connectivity index (χ2n) is 4.74. The number of nitrogens with one attached hydrogen (secondary N) is 1. The van der Waals surface area contributed by atoms with Crippen molar-refractivity contribution in [1.82, 2.24) is 5.32 Å². The predicted molar refractivity (Wildman–Crippen MR) is 74.1 cm³/mol. The molecule has 0 saturated carbocycles. The molecule has 1 aromatic carbocycles. The normalized spacial score (nSPS) is 15.7. The highest BCUT2D eigenvalue weighted by atomic mass is 16.5. The molecule has 1 aliphatic heterocycles. The van der Waals surface area contributed by atoms with Crippen LogP contribution in [0.25, 0.3) is 0 Å². The molecule has 0 fully saturated rings. The summed E-state index contributed by atoms with van der Waals surface area (Å²) in [5, 5.41) is 3.06. The van der Waals surface area contributed by atoms with Crippen molar-refractivity contribution in [3.05, 3.63) is 23.8 Å². The van der Waals surface area contributed by atoms with Crippen LogP contribution in [-0.4, -0.2) is 32.6 Å². The summed E-state index contributed by atoms with van der Waals surface area (Å²) in [5.41, 5.74) is 0.700. The molecule has 0 spiro atoms. The number of ether oxygens (including phenoxy) is 2. The van der Waals surface area contributed by atoms with Gasteiger partial charge in [-0.2, -0.15) is 0 Å². The van der Waals surface area contributed by atoms with E-state index in [9.17, 15) is 4.79 Å². The maximum Gasteiger partial charge on any atom is 0.167 e. The zero-order chi connectivity index (χ0) is 13.7. The summed E-state index contributed by atoms with van der Waals surface area (Å²) in [6.07, 6.45) is 1.70. The van der Waals surface area contributed by atoms with Crippen LogP contribution in [0.4, 0.5) is 0 Å². The molecule has 1 aliphatic rings. The van der Waals surface area contributed by atoms with Crippen molar-refractivity contribution in [2.45, 2.75) is 19.8 Å². The zero-order valence-electron chi connectivity index (χ0n) is 11.6. The van der Waals surface area contributed by atoms with Gasteiger partial charge >= 0.3 is 0 Å². The first kappa shape index (κ1) is 13.9. The molecule has 2 rings (SSSR count). The molecule has 104 valence electrons. The maximum absolute atomic E-state index is 12.4. The monoisotopic (exact) mass is 263 g/mol.